The van der Waals surface area contributed by atoms with Crippen molar-refractivity contribution in [2.75, 3.05) is 26.2 Å². The molecule has 12 aliphatic rings. The van der Waals surface area contributed by atoms with Crippen LogP contribution in [0, 0.1) is 109 Å². The molecule has 9 heteroatoms. The van der Waals surface area contributed by atoms with E-state index in [9.17, 15) is 24.3 Å². The Morgan fingerprint density at radius 1 is 0.513 bits per heavy atom. The maximum absolute atomic E-state index is 14.6. The summed E-state index contributed by atoms with van der Waals surface area (Å²) in [4.78, 5) is 68.3. The molecule has 0 aromatic heterocycles. The maximum atomic E-state index is 14.6. The summed E-state index contributed by atoms with van der Waals surface area (Å²) in [6, 6.07) is 0. The normalized spacial score (nSPS) is 51.1. The molecule has 0 spiro atoms. The van der Waals surface area contributed by atoms with Gasteiger partial charge in [0.25, 0.3) is 0 Å². The average molecular weight is 1060 g/mol. The number of β-amino-alcohol motifs (C(OH)–C–C–N with tert-alkyl or cyclic N) is 1. The summed E-state index contributed by atoms with van der Waals surface area (Å²) in [5.74, 6) is 2.25. The maximum Gasteiger partial charge on any atom is 0.226 e. The molecular weight excluding hydrogens is 965 g/mol. The molecular formula is C69H98N4O5. The van der Waals surface area contributed by atoms with Crippen LogP contribution < -0.4 is 0 Å². The summed E-state index contributed by atoms with van der Waals surface area (Å²) in [5, 5.41) is 10.3. The van der Waals surface area contributed by atoms with E-state index >= 15 is 0 Å². The van der Waals surface area contributed by atoms with Gasteiger partial charge in [-0.3, -0.25) is 19.4 Å². The molecule has 8 fully saturated rings. The van der Waals surface area contributed by atoms with Gasteiger partial charge in [0.2, 0.25) is 11.4 Å². The number of rotatable bonds is 2. The van der Waals surface area contributed by atoms with Crippen LogP contribution in [-0.2, 0) is 19.2 Å². The lowest BCUT2D eigenvalue weighted by Crippen LogP contribution is -2.65. The molecule has 2 aliphatic heterocycles. The van der Waals surface area contributed by atoms with E-state index in [0.717, 1.165) is 96.1 Å². The molecule has 2 heterocycles. The molecule has 9 nitrogen and oxygen atoms in total. The van der Waals surface area contributed by atoms with Gasteiger partial charge in [-0.1, -0.05) is 113 Å². The van der Waals surface area contributed by atoms with E-state index in [1.54, 1.807) is 0 Å². The van der Waals surface area contributed by atoms with Gasteiger partial charge in [0, 0.05) is 64.2 Å². The molecule has 0 aromatic carbocycles. The molecule has 0 bridgehead atoms. The quantitative estimate of drug-likeness (QED) is 0.275. The van der Waals surface area contributed by atoms with Gasteiger partial charge in [-0.2, -0.15) is 0 Å². The van der Waals surface area contributed by atoms with E-state index in [1.807, 2.05) is 45.9 Å². The second-order valence-electron chi connectivity index (χ2n) is 32.7. The molecule has 18 atom stereocenters. The van der Waals surface area contributed by atoms with Crippen molar-refractivity contribution >= 4 is 23.1 Å². The first-order valence-corrected chi connectivity index (χ1v) is 31.1. The minimum Gasteiger partial charge on any atom is -0.392 e. The Morgan fingerprint density at radius 3 is 1.26 bits per heavy atom. The van der Waals surface area contributed by atoms with Crippen molar-refractivity contribution in [2.45, 2.75) is 224 Å². The van der Waals surface area contributed by atoms with E-state index in [0.29, 0.717) is 17.6 Å². The Morgan fingerprint density at radius 2 is 0.897 bits per heavy atom. The van der Waals surface area contributed by atoms with E-state index < -0.39 is 21.7 Å². The fourth-order valence-corrected chi connectivity index (χ4v) is 22.6. The van der Waals surface area contributed by atoms with Gasteiger partial charge in [0.1, 0.15) is 0 Å². The highest BCUT2D eigenvalue weighted by atomic mass is 16.3. The minimum atomic E-state index is -0.622. The predicted octanol–water partition coefficient (Wildman–Crippen LogP) is 14.0. The smallest absolute Gasteiger partial charge is 0.226 e. The lowest BCUT2D eigenvalue weighted by molar-refractivity contribution is -0.171. The second kappa shape index (κ2) is 17.5. The number of fused-ring (bicyclic) bond motifs is 14. The van der Waals surface area contributed by atoms with Crippen LogP contribution in [0.2, 0.25) is 0 Å². The van der Waals surface area contributed by atoms with Crippen molar-refractivity contribution in [3.8, 4) is 0 Å². The Bertz CT molecular complexity index is 2670. The lowest BCUT2D eigenvalue weighted by Gasteiger charge is -2.69. The minimum absolute atomic E-state index is 0.0140. The lowest BCUT2D eigenvalue weighted by atomic mass is 9.34. The summed E-state index contributed by atoms with van der Waals surface area (Å²) in [6.07, 6.45) is 25.2. The number of aliphatic hydroxyl groups is 1. The molecule has 2 saturated heterocycles. The third kappa shape index (κ3) is 7.35. The van der Waals surface area contributed by atoms with E-state index in [1.165, 1.54) is 49.9 Å². The van der Waals surface area contributed by atoms with Crippen LogP contribution in [0.5, 0.6) is 0 Å². The molecule has 12 rings (SSSR count). The van der Waals surface area contributed by atoms with Gasteiger partial charge in [0.15, 0.2) is 23.1 Å². The standard InChI is InChI=1S/C35H50N2O2.C34H48N2O3/c1-22-11-17-37(21-22)32(5)15-13-31(4)14-16-35(8)28(23(31)19-32)25(38)18-27-33(6)20-24(36-9)29(39)30(2,3)26(33)10-12-34(27,35)7;1-29(2)25-9-11-33(6)26(32(25,5)19-23(35-8)28(29)39)17-24(38)27-22-18-31(4,36-16-10-21(37)20-36)14-12-30(22,3)13-15-34(27,33)7/h18,20,22-23,26,28H,10-17,19,21H2,1-8H3;17,19,21-22,25,27,37H,9-16,18,20H2,1-7H3/t22-,23-,26-,28-,31+,32?,33-,34+,35+;21-,22+,25+,27+,30-,31?,32+,33-,34-/m01/s1. The van der Waals surface area contributed by atoms with Crippen molar-refractivity contribution < 1.29 is 24.3 Å². The highest BCUT2D eigenvalue weighted by molar-refractivity contribution is 6.04. The van der Waals surface area contributed by atoms with Crippen LogP contribution in [0.1, 0.15) is 207 Å². The number of hydrogen-bond acceptors (Lipinski definition) is 7. The van der Waals surface area contributed by atoms with Crippen LogP contribution in [0.4, 0.5) is 0 Å². The Hall–Kier alpha value is -3.50. The number of Topliss-reactive ketones (excluding diaryl/α,β-unsaturated/α-hetero) is 2. The number of hydrogen-bond donors (Lipinski definition) is 1. The van der Waals surface area contributed by atoms with Crippen molar-refractivity contribution in [2.24, 2.45) is 95.6 Å². The number of likely N-dealkylation sites (tertiary alicyclic amines) is 2. The fraction of sp³-hybridized carbons (Fsp3) is 0.797. The molecule has 0 radical (unpaired) electrons. The van der Waals surface area contributed by atoms with E-state index in [2.05, 4.69) is 102 Å². The zero-order chi connectivity index (χ0) is 56.8. The zero-order valence-electron chi connectivity index (χ0n) is 50.9. The molecule has 6 saturated carbocycles. The average Bonchev–Trinajstić information content (AvgIpc) is 2.22. The van der Waals surface area contributed by atoms with Crippen LogP contribution in [-0.4, -0.2) is 81.4 Å². The summed E-state index contributed by atoms with van der Waals surface area (Å²) >= 11 is 0. The number of aliphatic hydroxyl groups excluding tert-OH is 1. The highest BCUT2D eigenvalue weighted by Gasteiger charge is 2.72. The van der Waals surface area contributed by atoms with Gasteiger partial charge >= 0.3 is 0 Å². The number of carbonyl (C=O) groups excluding carboxylic acids is 4. The van der Waals surface area contributed by atoms with Crippen LogP contribution in [0.3, 0.4) is 0 Å². The summed E-state index contributed by atoms with van der Waals surface area (Å²) in [7, 11) is 0. The van der Waals surface area contributed by atoms with E-state index in [-0.39, 0.29) is 102 Å². The largest absolute Gasteiger partial charge is 0.392 e. The summed E-state index contributed by atoms with van der Waals surface area (Å²) < 4.78 is 0. The zero-order valence-corrected chi connectivity index (χ0v) is 50.9. The molecule has 10 aliphatic carbocycles. The first-order valence-electron chi connectivity index (χ1n) is 31.1. The predicted molar refractivity (Wildman–Crippen MR) is 308 cm³/mol. The van der Waals surface area contributed by atoms with Crippen molar-refractivity contribution in [3.05, 3.63) is 69.7 Å². The summed E-state index contributed by atoms with van der Waals surface area (Å²) in [6.45, 7) is 54.1. The molecule has 424 valence electrons. The Kier molecular flexibility index (Phi) is 12.7. The molecule has 2 unspecified atom stereocenters. The molecule has 0 amide bonds. The third-order valence-corrected chi connectivity index (χ3v) is 28.2. The van der Waals surface area contributed by atoms with Crippen LogP contribution >= 0.6 is 0 Å². The number of ketones is 4. The van der Waals surface area contributed by atoms with E-state index in [4.69, 9.17) is 13.1 Å². The highest BCUT2D eigenvalue weighted by Crippen LogP contribution is 2.77. The molecule has 1 N–H and O–H groups in total. The second-order valence-corrected chi connectivity index (χ2v) is 32.7. The number of carbonyl (C=O) groups is 4. The van der Waals surface area contributed by atoms with Crippen molar-refractivity contribution in [1.82, 2.24) is 9.80 Å². The van der Waals surface area contributed by atoms with Crippen LogP contribution in [0.15, 0.2) is 46.8 Å². The Labute approximate surface area is 470 Å². The number of allylic oxidation sites excluding steroid dienone is 8. The molecule has 78 heavy (non-hydrogen) atoms. The van der Waals surface area contributed by atoms with Crippen LogP contribution in [0.25, 0.3) is 9.69 Å². The van der Waals surface area contributed by atoms with Crippen molar-refractivity contribution in [3.63, 3.8) is 0 Å². The van der Waals surface area contributed by atoms with Crippen molar-refractivity contribution in [1.29, 1.82) is 0 Å². The third-order valence-electron chi connectivity index (χ3n) is 28.2. The van der Waals surface area contributed by atoms with Gasteiger partial charge < -0.3 is 14.7 Å². The fourth-order valence-electron chi connectivity index (χ4n) is 22.6. The SMILES string of the molecule is [C-]#[N+]C1=C[C@]2(C)C3=CC(=O)[C@@H]4[C@@H]5CC(C)(N6CC[C@@H](O)C6)CC[C@]5(C)CC[C@@]4(C)[C@]3(C)CC[C@H]2C(C)(C)C1=O.[C-]#[N+]C1=C[C@]2(C)C3=CC(=O)[C@@H]4[C@@H]5CC(C)(N6CC[C@H](C)C6)CC[C@]5(C)CC[C@@]4(C)[C@]3(C)CC[C@H]2C(C)(C)C1=O. The Balaban J connectivity index is 0.000000165. The monoisotopic (exact) mass is 1060 g/mol. The van der Waals surface area contributed by atoms with Gasteiger partial charge in [-0.15, -0.1) is 0 Å². The van der Waals surface area contributed by atoms with Gasteiger partial charge in [-0.05, 0) is 197 Å². The summed E-state index contributed by atoms with van der Waals surface area (Å²) in [5.41, 5.74) is 0.825. The molecule has 0 aromatic rings. The first-order chi connectivity index (χ1) is 36.1. The topological polar surface area (TPSA) is 104 Å². The first kappa shape index (κ1) is 56.4. The van der Waals surface area contributed by atoms with Gasteiger partial charge in [-0.25, -0.2) is 9.69 Å². The van der Waals surface area contributed by atoms with Gasteiger partial charge in [0.05, 0.1) is 19.2 Å². The number of nitrogens with zero attached hydrogens (tertiary/aromatic N) is 4.